The number of Topliss-reactive ketones (excluding diaryl/α,β-unsaturated/α-hetero) is 1. The summed E-state index contributed by atoms with van der Waals surface area (Å²) in [5, 5.41) is 1.43. The summed E-state index contributed by atoms with van der Waals surface area (Å²) in [6.45, 7) is 0. The number of hydrogen-bond acceptors (Lipinski definition) is 2. The second-order valence-corrected chi connectivity index (χ2v) is 5.99. The molecule has 0 amide bonds. The molecule has 0 atom stereocenters. The average molecular weight is 332 g/mol. The first-order valence-electron chi connectivity index (χ1n) is 6.83. The molecule has 116 valence electrons. The van der Waals surface area contributed by atoms with Gasteiger partial charge in [0.1, 0.15) is 0 Å². The van der Waals surface area contributed by atoms with Gasteiger partial charge >= 0.3 is 6.18 Å². The van der Waals surface area contributed by atoms with Gasteiger partial charge in [0, 0.05) is 15.4 Å². The van der Waals surface area contributed by atoms with E-state index in [9.17, 15) is 18.0 Å². The van der Waals surface area contributed by atoms with E-state index in [4.69, 9.17) is 0 Å². The zero-order valence-corrected chi connectivity index (χ0v) is 12.6. The topological polar surface area (TPSA) is 17.1 Å². The fraction of sp³-hybridized carbons (Fsp3) is 0.0556. The van der Waals surface area contributed by atoms with Crippen LogP contribution in [0.5, 0.6) is 0 Å². The summed E-state index contributed by atoms with van der Waals surface area (Å²) >= 11 is 1.17. The van der Waals surface area contributed by atoms with E-state index in [1.165, 1.54) is 17.8 Å². The number of ketones is 1. The van der Waals surface area contributed by atoms with Crippen LogP contribution in [0.1, 0.15) is 10.4 Å². The molecule has 0 heterocycles. The summed E-state index contributed by atoms with van der Waals surface area (Å²) < 4.78 is 38.7. The molecule has 0 fully saturated rings. The Morgan fingerprint density at radius 1 is 0.826 bits per heavy atom. The Hall–Kier alpha value is -2.27. The lowest BCUT2D eigenvalue weighted by molar-refractivity contribution is -0.0886. The van der Waals surface area contributed by atoms with Crippen molar-refractivity contribution in [1.29, 1.82) is 0 Å². The van der Waals surface area contributed by atoms with Crippen molar-refractivity contribution in [3.05, 3.63) is 72.3 Å². The fourth-order valence-electron chi connectivity index (χ4n) is 2.29. The maximum absolute atomic E-state index is 12.9. The van der Waals surface area contributed by atoms with Crippen molar-refractivity contribution in [2.24, 2.45) is 0 Å². The van der Waals surface area contributed by atoms with Crippen LogP contribution < -0.4 is 0 Å². The Labute approximate surface area is 135 Å². The van der Waals surface area contributed by atoms with Crippen LogP contribution >= 0.6 is 11.8 Å². The standard InChI is InChI=1S/C18H11F3OS/c19-18(20,21)17(22)15-11-10-12-6-4-5-9-14(12)16(15)23-13-7-2-1-3-8-13/h1-11H. The maximum atomic E-state index is 12.9. The Morgan fingerprint density at radius 2 is 1.48 bits per heavy atom. The van der Waals surface area contributed by atoms with Gasteiger partial charge in [-0.25, -0.2) is 0 Å². The second kappa shape index (κ2) is 6.08. The SMILES string of the molecule is O=C(c1ccc2ccccc2c1Sc1ccccc1)C(F)(F)F. The van der Waals surface area contributed by atoms with Gasteiger partial charge in [0.2, 0.25) is 0 Å². The number of carbonyl (C=O) groups excluding carboxylic acids is 1. The van der Waals surface area contributed by atoms with Gasteiger partial charge < -0.3 is 0 Å². The number of halogens is 3. The van der Waals surface area contributed by atoms with Gasteiger partial charge in [-0.3, -0.25) is 4.79 Å². The molecular formula is C18H11F3OS. The highest BCUT2D eigenvalue weighted by Crippen LogP contribution is 2.38. The molecule has 1 nitrogen and oxygen atoms in total. The van der Waals surface area contributed by atoms with Crippen LogP contribution in [-0.2, 0) is 0 Å². The van der Waals surface area contributed by atoms with Crippen LogP contribution in [0.3, 0.4) is 0 Å². The second-order valence-electron chi connectivity index (χ2n) is 4.91. The predicted molar refractivity (Wildman–Crippen MR) is 84.9 cm³/mol. The van der Waals surface area contributed by atoms with Crippen molar-refractivity contribution in [2.75, 3.05) is 0 Å². The zero-order chi connectivity index (χ0) is 16.4. The molecule has 0 N–H and O–H groups in total. The smallest absolute Gasteiger partial charge is 0.284 e. The van der Waals surface area contributed by atoms with Gasteiger partial charge in [-0.15, -0.1) is 0 Å². The lowest BCUT2D eigenvalue weighted by Gasteiger charge is -2.13. The fourth-order valence-corrected chi connectivity index (χ4v) is 3.39. The van der Waals surface area contributed by atoms with Gasteiger partial charge in [0.25, 0.3) is 5.78 Å². The van der Waals surface area contributed by atoms with Crippen molar-refractivity contribution in [3.63, 3.8) is 0 Å². The van der Waals surface area contributed by atoms with Gasteiger partial charge in [-0.1, -0.05) is 60.3 Å². The molecule has 3 aromatic carbocycles. The Balaban J connectivity index is 2.20. The number of carbonyl (C=O) groups is 1. The maximum Gasteiger partial charge on any atom is 0.454 e. The van der Waals surface area contributed by atoms with Crippen LogP contribution in [0.2, 0.25) is 0 Å². The third kappa shape index (κ3) is 3.24. The van der Waals surface area contributed by atoms with E-state index in [2.05, 4.69) is 0 Å². The molecule has 0 unspecified atom stereocenters. The van der Waals surface area contributed by atoms with Crippen LogP contribution in [-0.4, -0.2) is 12.0 Å². The van der Waals surface area contributed by atoms with E-state index in [0.29, 0.717) is 10.3 Å². The molecule has 0 saturated heterocycles. The largest absolute Gasteiger partial charge is 0.454 e. The molecule has 0 aromatic heterocycles. The number of fused-ring (bicyclic) bond motifs is 1. The van der Waals surface area contributed by atoms with Crippen molar-refractivity contribution < 1.29 is 18.0 Å². The van der Waals surface area contributed by atoms with Crippen LogP contribution in [0, 0.1) is 0 Å². The predicted octanol–water partition coefficient (Wildman–Crippen LogP) is 5.74. The summed E-state index contributed by atoms with van der Waals surface area (Å²) in [4.78, 5) is 12.9. The summed E-state index contributed by atoms with van der Waals surface area (Å²) in [5.41, 5.74) is -0.315. The number of alkyl halides is 3. The van der Waals surface area contributed by atoms with Crippen molar-refractivity contribution in [3.8, 4) is 0 Å². The van der Waals surface area contributed by atoms with Crippen LogP contribution in [0.25, 0.3) is 10.8 Å². The summed E-state index contributed by atoms with van der Waals surface area (Å²) in [5.74, 6) is -1.82. The van der Waals surface area contributed by atoms with E-state index in [1.54, 1.807) is 42.5 Å². The molecule has 3 aromatic rings. The third-order valence-electron chi connectivity index (χ3n) is 3.34. The quantitative estimate of drug-likeness (QED) is 0.569. The minimum atomic E-state index is -4.89. The Bertz CT molecular complexity index is 857. The van der Waals surface area contributed by atoms with Crippen molar-refractivity contribution >= 4 is 28.3 Å². The molecular weight excluding hydrogens is 321 g/mol. The third-order valence-corrected chi connectivity index (χ3v) is 4.50. The minimum absolute atomic E-state index is 0.315. The first kappa shape index (κ1) is 15.6. The van der Waals surface area contributed by atoms with E-state index >= 15 is 0 Å². The first-order chi connectivity index (χ1) is 11.0. The van der Waals surface area contributed by atoms with Crippen LogP contribution in [0.15, 0.2) is 76.5 Å². The molecule has 0 aliphatic heterocycles. The Kier molecular flexibility index (Phi) is 4.13. The molecule has 0 aliphatic carbocycles. The van der Waals surface area contributed by atoms with Crippen molar-refractivity contribution in [1.82, 2.24) is 0 Å². The average Bonchev–Trinajstić information content (AvgIpc) is 2.55. The van der Waals surface area contributed by atoms with Crippen molar-refractivity contribution in [2.45, 2.75) is 16.0 Å². The van der Waals surface area contributed by atoms with Gasteiger partial charge in [0.05, 0.1) is 0 Å². The molecule has 0 spiro atoms. The van der Waals surface area contributed by atoms with Gasteiger partial charge in [-0.05, 0) is 29.0 Å². The highest BCUT2D eigenvalue weighted by atomic mass is 32.2. The summed E-state index contributed by atoms with van der Waals surface area (Å²) in [6, 6.07) is 18.9. The molecule has 0 bridgehead atoms. The molecule has 23 heavy (non-hydrogen) atoms. The summed E-state index contributed by atoms with van der Waals surface area (Å²) in [7, 11) is 0. The van der Waals surface area contributed by atoms with Gasteiger partial charge in [0.15, 0.2) is 0 Å². The highest BCUT2D eigenvalue weighted by Gasteiger charge is 2.40. The first-order valence-corrected chi connectivity index (χ1v) is 7.64. The normalized spacial score (nSPS) is 11.6. The van der Waals surface area contributed by atoms with E-state index in [1.807, 2.05) is 18.2 Å². The van der Waals surface area contributed by atoms with E-state index in [0.717, 1.165) is 10.3 Å². The zero-order valence-electron chi connectivity index (χ0n) is 11.8. The molecule has 0 aliphatic rings. The highest BCUT2D eigenvalue weighted by molar-refractivity contribution is 7.99. The number of hydrogen-bond donors (Lipinski definition) is 0. The number of rotatable bonds is 3. The molecule has 0 saturated carbocycles. The summed E-state index contributed by atoms with van der Waals surface area (Å²) in [6.07, 6.45) is -4.89. The number of benzene rings is 3. The Morgan fingerprint density at radius 3 is 2.17 bits per heavy atom. The lowest BCUT2D eigenvalue weighted by Crippen LogP contribution is -2.23. The van der Waals surface area contributed by atoms with E-state index in [-0.39, 0.29) is 5.56 Å². The van der Waals surface area contributed by atoms with Crippen LogP contribution in [0.4, 0.5) is 13.2 Å². The minimum Gasteiger partial charge on any atom is -0.284 e. The molecule has 3 rings (SSSR count). The van der Waals surface area contributed by atoms with Gasteiger partial charge in [-0.2, -0.15) is 13.2 Å². The van der Waals surface area contributed by atoms with E-state index < -0.39 is 12.0 Å². The molecule has 5 heteroatoms. The lowest BCUT2D eigenvalue weighted by atomic mass is 10.0. The monoisotopic (exact) mass is 332 g/mol. The molecule has 0 radical (unpaired) electrons.